The maximum atomic E-state index is 13.4. The lowest BCUT2D eigenvalue weighted by Crippen LogP contribution is -2.71. The first-order valence-corrected chi connectivity index (χ1v) is 14.3. The van der Waals surface area contributed by atoms with Crippen molar-refractivity contribution in [3.63, 3.8) is 0 Å². The third-order valence-electron chi connectivity index (χ3n) is 9.84. The van der Waals surface area contributed by atoms with Gasteiger partial charge in [-0.25, -0.2) is 4.79 Å². The van der Waals surface area contributed by atoms with Crippen LogP contribution in [0.4, 0.5) is 0 Å². The molecule has 0 spiro atoms. The fraction of sp³-hybridized carbons (Fsp3) is 0.581. The second-order valence-corrected chi connectivity index (χ2v) is 12.7. The second-order valence-electron chi connectivity index (χ2n) is 12.7. The highest BCUT2D eigenvalue weighted by Gasteiger charge is 2.70. The van der Waals surface area contributed by atoms with E-state index in [2.05, 4.69) is 0 Å². The Labute approximate surface area is 248 Å². The van der Waals surface area contributed by atoms with E-state index in [1.165, 1.54) is 45.3 Å². The van der Waals surface area contributed by atoms with Crippen LogP contribution in [0.5, 0.6) is 5.75 Å². The summed E-state index contributed by atoms with van der Waals surface area (Å²) in [5.74, 6) is -2.62. The zero-order chi connectivity index (χ0) is 31.5. The molecule has 5 rings (SSSR count). The molecule has 12 heteroatoms. The van der Waals surface area contributed by atoms with Crippen molar-refractivity contribution in [3.8, 4) is 17.1 Å². The fourth-order valence-electron chi connectivity index (χ4n) is 8.13. The molecule has 2 fully saturated rings. The van der Waals surface area contributed by atoms with Gasteiger partial charge < -0.3 is 33.7 Å². The van der Waals surface area contributed by atoms with Crippen molar-refractivity contribution in [2.45, 2.75) is 84.7 Å². The maximum Gasteiger partial charge on any atom is 0.345 e. The van der Waals surface area contributed by atoms with Crippen molar-refractivity contribution >= 4 is 17.9 Å². The molecule has 8 atom stereocenters. The van der Waals surface area contributed by atoms with Crippen LogP contribution in [0.1, 0.15) is 72.5 Å². The first kappa shape index (κ1) is 30.5. The molecule has 0 amide bonds. The average Bonchev–Trinajstić information content (AvgIpc) is 2.89. The van der Waals surface area contributed by atoms with Crippen molar-refractivity contribution < 1.29 is 47.6 Å². The number of carbonyl (C=O) groups excluding carboxylic acids is 3. The molecule has 1 N–H and O–H groups in total. The molecule has 0 bridgehead atoms. The summed E-state index contributed by atoms with van der Waals surface area (Å²) in [6.45, 7) is 9.41. The molecule has 0 radical (unpaired) electrons. The van der Waals surface area contributed by atoms with Gasteiger partial charge in [-0.2, -0.15) is 4.73 Å². The van der Waals surface area contributed by atoms with Crippen molar-refractivity contribution in [3.05, 3.63) is 51.8 Å². The van der Waals surface area contributed by atoms with E-state index in [1.807, 2.05) is 13.8 Å². The van der Waals surface area contributed by atoms with Crippen LogP contribution in [-0.4, -0.2) is 47.4 Å². The number of pyridine rings is 1. The van der Waals surface area contributed by atoms with Gasteiger partial charge in [-0.3, -0.25) is 14.4 Å². The molecule has 12 nitrogen and oxygen atoms in total. The smallest absolute Gasteiger partial charge is 0.345 e. The van der Waals surface area contributed by atoms with E-state index in [-0.39, 0.29) is 30.1 Å². The minimum absolute atomic E-state index is 0.0641. The summed E-state index contributed by atoms with van der Waals surface area (Å²) in [4.78, 5) is 49.9. The Morgan fingerprint density at radius 2 is 1.77 bits per heavy atom. The van der Waals surface area contributed by atoms with Crippen LogP contribution >= 0.6 is 0 Å². The Morgan fingerprint density at radius 3 is 2.40 bits per heavy atom. The topological polar surface area (TPSA) is 166 Å². The Morgan fingerprint density at radius 1 is 1.09 bits per heavy atom. The molecular formula is C31H37NO11. The number of aliphatic hydroxyl groups excluding tert-OH is 1. The first-order valence-electron chi connectivity index (χ1n) is 14.3. The van der Waals surface area contributed by atoms with Gasteiger partial charge >= 0.3 is 23.5 Å². The molecule has 43 heavy (non-hydrogen) atoms. The summed E-state index contributed by atoms with van der Waals surface area (Å²) in [7, 11) is 0. The van der Waals surface area contributed by atoms with Crippen LogP contribution in [0.25, 0.3) is 11.3 Å². The highest BCUT2D eigenvalue weighted by molar-refractivity contribution is 5.67. The van der Waals surface area contributed by atoms with Gasteiger partial charge in [0.2, 0.25) is 0 Å². The Balaban J connectivity index is 1.66. The highest BCUT2D eigenvalue weighted by atomic mass is 16.6. The quantitative estimate of drug-likeness (QED) is 0.232. The SMILES string of the molecule is CC(=O)OC[C@@]1(C)[C@@H]2C[C@H](OC(C)=O)[C@@]3(C)Oc4cc(-c5ccc[n+]([O-])c5)oc(=O)c4[C@H](O)[C@@H]3[C@@]2(C)CC[C@@H]1OC(C)=O. The first-order chi connectivity index (χ1) is 20.1. The molecule has 2 saturated carbocycles. The predicted octanol–water partition coefficient (Wildman–Crippen LogP) is 2.99. The molecule has 2 aromatic rings. The number of ether oxygens (including phenoxy) is 4. The number of rotatable bonds is 5. The summed E-state index contributed by atoms with van der Waals surface area (Å²) in [6, 6.07) is 4.56. The van der Waals surface area contributed by atoms with E-state index in [0.29, 0.717) is 23.1 Å². The second kappa shape index (κ2) is 10.7. The van der Waals surface area contributed by atoms with Crippen LogP contribution in [0.15, 0.2) is 39.8 Å². The lowest BCUT2D eigenvalue weighted by Gasteiger charge is -2.66. The Hall–Kier alpha value is -3.93. The molecule has 1 aliphatic heterocycles. The van der Waals surface area contributed by atoms with E-state index in [9.17, 15) is 29.5 Å². The van der Waals surface area contributed by atoms with Crippen molar-refractivity contribution in [2.24, 2.45) is 22.7 Å². The molecule has 2 aromatic heterocycles. The number of carbonyl (C=O) groups is 3. The molecule has 232 valence electrons. The van der Waals surface area contributed by atoms with E-state index in [0.717, 1.165) is 0 Å². The van der Waals surface area contributed by atoms with Crippen LogP contribution in [0, 0.1) is 27.9 Å². The molecular weight excluding hydrogens is 562 g/mol. The monoisotopic (exact) mass is 599 g/mol. The molecule has 3 heterocycles. The van der Waals surface area contributed by atoms with Crippen molar-refractivity contribution in [1.82, 2.24) is 0 Å². The van der Waals surface area contributed by atoms with Crippen LogP contribution in [0.3, 0.4) is 0 Å². The summed E-state index contributed by atoms with van der Waals surface area (Å²) in [5, 5.41) is 23.9. The number of aliphatic hydroxyl groups is 1. The number of hydrogen-bond acceptors (Lipinski definition) is 11. The van der Waals surface area contributed by atoms with Gasteiger partial charge in [0.15, 0.2) is 12.4 Å². The molecule has 0 unspecified atom stereocenters. The number of esters is 3. The minimum atomic E-state index is -1.40. The Bertz CT molecular complexity index is 1520. The molecule has 0 aromatic carbocycles. The van der Waals surface area contributed by atoms with E-state index >= 15 is 0 Å². The summed E-state index contributed by atoms with van der Waals surface area (Å²) < 4.78 is 29.9. The van der Waals surface area contributed by atoms with Gasteiger partial charge in [-0.1, -0.05) is 13.8 Å². The predicted molar refractivity (Wildman–Crippen MR) is 148 cm³/mol. The number of aromatic nitrogens is 1. The lowest BCUT2D eigenvalue weighted by molar-refractivity contribution is -0.604. The van der Waals surface area contributed by atoms with E-state index in [4.69, 9.17) is 23.4 Å². The third-order valence-corrected chi connectivity index (χ3v) is 9.84. The van der Waals surface area contributed by atoms with Gasteiger partial charge in [0.1, 0.15) is 41.5 Å². The van der Waals surface area contributed by atoms with Gasteiger partial charge in [0.25, 0.3) is 0 Å². The largest absolute Gasteiger partial charge is 0.619 e. The standard InChI is InChI=1S/C31H37NO11/c1-16(33)39-15-30(5)22-13-24(41-18(3)35)31(6)27(29(22,4)10-9-23(30)40-17(2)34)26(36)25-21(43-31)12-20(42-28(25)37)19-8-7-11-32(38)14-19/h7-8,11-12,14,22-24,26-27,36H,9-10,13,15H2,1-6H3/t22-,23+,24+,26+,27-,29+,30+,31-/m1/s1. The van der Waals surface area contributed by atoms with Gasteiger partial charge in [-0.05, 0) is 43.6 Å². The normalized spacial score (nSPS) is 34.4. The zero-order valence-electron chi connectivity index (χ0n) is 25.1. The van der Waals surface area contributed by atoms with Crippen molar-refractivity contribution in [2.75, 3.05) is 6.61 Å². The number of nitrogens with zero attached hydrogens (tertiary/aromatic N) is 1. The number of hydrogen-bond donors (Lipinski definition) is 1. The van der Waals surface area contributed by atoms with E-state index < -0.39 is 70.1 Å². The average molecular weight is 600 g/mol. The molecule has 3 aliphatic rings. The number of fused-ring (bicyclic) bond motifs is 4. The van der Waals surface area contributed by atoms with Crippen LogP contribution in [0.2, 0.25) is 0 Å². The third kappa shape index (κ3) is 5.05. The lowest BCUT2D eigenvalue weighted by atomic mass is 9.42. The summed E-state index contributed by atoms with van der Waals surface area (Å²) >= 11 is 0. The summed E-state index contributed by atoms with van der Waals surface area (Å²) in [5.41, 5.74) is -3.58. The van der Waals surface area contributed by atoms with Crippen LogP contribution < -0.4 is 15.1 Å². The van der Waals surface area contributed by atoms with E-state index in [1.54, 1.807) is 13.0 Å². The van der Waals surface area contributed by atoms with Gasteiger partial charge in [0, 0.05) is 44.2 Å². The zero-order valence-corrected chi connectivity index (χ0v) is 25.1. The van der Waals surface area contributed by atoms with Crippen LogP contribution in [-0.2, 0) is 28.6 Å². The minimum Gasteiger partial charge on any atom is -0.619 e. The fourth-order valence-corrected chi connectivity index (χ4v) is 8.13. The molecule has 0 saturated heterocycles. The van der Waals surface area contributed by atoms with Gasteiger partial charge in [-0.15, -0.1) is 0 Å². The maximum absolute atomic E-state index is 13.4. The summed E-state index contributed by atoms with van der Waals surface area (Å²) in [6.07, 6.45) is 0.711. The highest BCUT2D eigenvalue weighted by Crippen LogP contribution is 2.67. The molecule has 2 aliphatic carbocycles. The Kier molecular flexibility index (Phi) is 7.56. The van der Waals surface area contributed by atoms with Gasteiger partial charge in [0.05, 0.1) is 11.7 Å². The van der Waals surface area contributed by atoms with Crippen molar-refractivity contribution in [1.29, 1.82) is 0 Å².